The lowest BCUT2D eigenvalue weighted by molar-refractivity contribution is -0.174. The van der Waals surface area contributed by atoms with E-state index in [1.54, 1.807) is 0 Å². The van der Waals surface area contributed by atoms with Crippen LogP contribution in [0.1, 0.15) is 45.4 Å². The molecule has 0 aromatic carbocycles. The van der Waals surface area contributed by atoms with E-state index in [1.807, 2.05) is 0 Å². The summed E-state index contributed by atoms with van der Waals surface area (Å²) in [5, 5.41) is 3.84. The minimum atomic E-state index is -0.541. The van der Waals surface area contributed by atoms with Gasteiger partial charge in [0, 0.05) is 46.4 Å². The molecule has 1 spiro atoms. The van der Waals surface area contributed by atoms with E-state index in [2.05, 4.69) is 12.2 Å². The van der Waals surface area contributed by atoms with Crippen molar-refractivity contribution in [1.82, 2.24) is 5.32 Å². The molecule has 2 aliphatic carbocycles. The van der Waals surface area contributed by atoms with Crippen molar-refractivity contribution in [1.29, 1.82) is 0 Å². The van der Waals surface area contributed by atoms with Gasteiger partial charge in [0.2, 0.25) is 0 Å². The van der Waals surface area contributed by atoms with Crippen molar-refractivity contribution in [2.45, 2.75) is 63.6 Å². The molecule has 0 aromatic heterocycles. The summed E-state index contributed by atoms with van der Waals surface area (Å²) in [7, 11) is -0.541. The van der Waals surface area contributed by atoms with Gasteiger partial charge in [0.1, 0.15) is 0 Å². The molecular formula is C14H25NO2S. The van der Waals surface area contributed by atoms with Gasteiger partial charge in [-0.25, -0.2) is 0 Å². The van der Waals surface area contributed by atoms with Crippen LogP contribution in [0.15, 0.2) is 0 Å². The third-order valence-electron chi connectivity index (χ3n) is 5.26. The Kier molecular flexibility index (Phi) is 3.79. The van der Waals surface area contributed by atoms with E-state index >= 15 is 0 Å². The molecule has 1 heterocycles. The first kappa shape index (κ1) is 13.1. The summed E-state index contributed by atoms with van der Waals surface area (Å²) in [4.78, 5) is 0. The minimum absolute atomic E-state index is 0.465. The first-order valence-corrected chi connectivity index (χ1v) is 8.96. The molecule has 1 saturated heterocycles. The van der Waals surface area contributed by atoms with Crippen molar-refractivity contribution in [3.05, 3.63) is 0 Å². The predicted molar refractivity (Wildman–Crippen MR) is 74.1 cm³/mol. The van der Waals surface area contributed by atoms with Crippen LogP contribution in [0.4, 0.5) is 0 Å². The topological polar surface area (TPSA) is 38.3 Å². The Morgan fingerprint density at radius 1 is 1.33 bits per heavy atom. The van der Waals surface area contributed by atoms with Gasteiger partial charge in [-0.05, 0) is 39.0 Å². The van der Waals surface area contributed by atoms with E-state index < -0.39 is 10.8 Å². The lowest BCUT2D eigenvalue weighted by Crippen LogP contribution is -2.68. The molecule has 1 N–H and O–H groups in total. The van der Waals surface area contributed by atoms with Crippen LogP contribution < -0.4 is 5.32 Å². The quantitative estimate of drug-likeness (QED) is 0.848. The zero-order chi connectivity index (χ0) is 12.6. The monoisotopic (exact) mass is 271 g/mol. The lowest BCUT2D eigenvalue weighted by atomic mass is 9.51. The van der Waals surface area contributed by atoms with Crippen LogP contribution in [0.2, 0.25) is 0 Å². The Bertz CT molecular complexity index is 320. The Morgan fingerprint density at radius 2 is 2.06 bits per heavy atom. The fraction of sp³-hybridized carbons (Fsp3) is 1.00. The second-order valence-electron chi connectivity index (χ2n) is 6.11. The Morgan fingerprint density at radius 3 is 2.61 bits per heavy atom. The van der Waals surface area contributed by atoms with Crippen LogP contribution in [-0.2, 0) is 15.5 Å². The minimum Gasteiger partial charge on any atom is -0.378 e. The zero-order valence-electron chi connectivity index (χ0n) is 11.3. The molecule has 104 valence electrons. The molecule has 2 saturated carbocycles. The first-order valence-electron chi connectivity index (χ1n) is 7.47. The normalized spacial score (nSPS) is 42.3. The Labute approximate surface area is 113 Å². The predicted octanol–water partition coefficient (Wildman–Crippen LogP) is 1.83. The van der Waals surface area contributed by atoms with E-state index in [0.717, 1.165) is 31.0 Å². The maximum Gasteiger partial charge on any atom is 0.0661 e. The molecule has 2 unspecified atom stereocenters. The summed E-state index contributed by atoms with van der Waals surface area (Å²) in [6, 6.07) is 1.27. The highest BCUT2D eigenvalue weighted by molar-refractivity contribution is 7.85. The molecule has 1 aliphatic heterocycles. The summed E-state index contributed by atoms with van der Waals surface area (Å²) in [6.07, 6.45) is 7.94. The van der Waals surface area contributed by atoms with Crippen molar-refractivity contribution >= 4 is 10.8 Å². The van der Waals surface area contributed by atoms with E-state index in [1.165, 1.54) is 25.7 Å². The molecule has 0 aromatic rings. The number of hydrogen-bond donors (Lipinski definition) is 1. The second-order valence-corrected chi connectivity index (χ2v) is 7.80. The highest BCUT2D eigenvalue weighted by Crippen LogP contribution is 2.57. The van der Waals surface area contributed by atoms with Crippen molar-refractivity contribution in [3.8, 4) is 0 Å². The van der Waals surface area contributed by atoms with Gasteiger partial charge in [-0.15, -0.1) is 0 Å². The summed E-state index contributed by atoms with van der Waals surface area (Å²) < 4.78 is 17.3. The highest BCUT2D eigenvalue weighted by atomic mass is 32.2. The van der Waals surface area contributed by atoms with Gasteiger partial charge in [0.25, 0.3) is 0 Å². The molecular weight excluding hydrogens is 246 g/mol. The second kappa shape index (κ2) is 5.22. The van der Waals surface area contributed by atoms with Crippen molar-refractivity contribution in [2.24, 2.45) is 5.41 Å². The van der Waals surface area contributed by atoms with Crippen LogP contribution in [-0.4, -0.2) is 40.5 Å². The fourth-order valence-electron chi connectivity index (χ4n) is 3.92. The highest BCUT2D eigenvalue weighted by Gasteiger charge is 2.58. The van der Waals surface area contributed by atoms with E-state index in [9.17, 15) is 4.21 Å². The van der Waals surface area contributed by atoms with Crippen molar-refractivity contribution in [3.63, 3.8) is 0 Å². The largest absolute Gasteiger partial charge is 0.378 e. The Hall–Kier alpha value is 0.0700. The molecule has 0 bridgehead atoms. The lowest BCUT2D eigenvalue weighted by Gasteiger charge is -2.62. The number of hydrogen-bond acceptors (Lipinski definition) is 3. The van der Waals surface area contributed by atoms with Gasteiger partial charge in [-0.3, -0.25) is 4.21 Å². The van der Waals surface area contributed by atoms with Gasteiger partial charge in [-0.2, -0.15) is 0 Å². The van der Waals surface area contributed by atoms with Gasteiger partial charge in [-0.1, -0.05) is 6.42 Å². The third kappa shape index (κ3) is 2.16. The number of ether oxygens (including phenoxy) is 1. The summed E-state index contributed by atoms with van der Waals surface area (Å²) in [5.41, 5.74) is 0.465. The standard InChI is InChI=1S/C14H25NO2S/c1-2-17-13-10-12(14(13)6-3-7-14)15-11-4-8-18(16)9-5-11/h11-13,15H,2-10H2,1H3. The third-order valence-corrected chi connectivity index (χ3v) is 6.64. The van der Waals surface area contributed by atoms with Gasteiger partial charge in [0.15, 0.2) is 0 Å². The summed E-state index contributed by atoms with van der Waals surface area (Å²) >= 11 is 0. The fourth-order valence-corrected chi connectivity index (χ4v) is 5.22. The maximum atomic E-state index is 11.4. The number of nitrogens with one attached hydrogen (secondary N) is 1. The SMILES string of the molecule is CCOC1CC(NC2CCS(=O)CC2)C12CCC2. The van der Waals surface area contributed by atoms with Crippen molar-refractivity contribution in [2.75, 3.05) is 18.1 Å². The van der Waals surface area contributed by atoms with E-state index in [4.69, 9.17) is 4.74 Å². The summed E-state index contributed by atoms with van der Waals surface area (Å²) in [6.45, 7) is 2.95. The smallest absolute Gasteiger partial charge is 0.0661 e. The molecule has 3 aliphatic rings. The molecule has 4 heteroatoms. The van der Waals surface area contributed by atoms with Crippen LogP contribution in [0.25, 0.3) is 0 Å². The van der Waals surface area contributed by atoms with Crippen molar-refractivity contribution < 1.29 is 8.95 Å². The van der Waals surface area contributed by atoms with E-state index in [0.29, 0.717) is 23.6 Å². The van der Waals surface area contributed by atoms with Gasteiger partial charge in [0.05, 0.1) is 6.10 Å². The molecule has 18 heavy (non-hydrogen) atoms. The van der Waals surface area contributed by atoms with Crippen LogP contribution in [0.3, 0.4) is 0 Å². The molecule has 0 radical (unpaired) electrons. The average Bonchev–Trinajstić information content (AvgIpc) is 2.28. The molecule has 0 amide bonds. The molecule has 2 atom stereocenters. The molecule has 3 fully saturated rings. The average molecular weight is 271 g/mol. The van der Waals surface area contributed by atoms with Crippen LogP contribution in [0, 0.1) is 5.41 Å². The molecule has 3 rings (SSSR count). The van der Waals surface area contributed by atoms with Crippen LogP contribution >= 0.6 is 0 Å². The van der Waals surface area contributed by atoms with Gasteiger partial charge < -0.3 is 10.1 Å². The van der Waals surface area contributed by atoms with Crippen LogP contribution in [0.5, 0.6) is 0 Å². The van der Waals surface area contributed by atoms with E-state index in [-0.39, 0.29) is 0 Å². The van der Waals surface area contributed by atoms with Gasteiger partial charge >= 0.3 is 0 Å². The zero-order valence-corrected chi connectivity index (χ0v) is 12.1. The Balaban J connectivity index is 1.53. The summed E-state index contributed by atoms with van der Waals surface area (Å²) in [5.74, 6) is 1.79. The first-order chi connectivity index (χ1) is 8.74. The maximum absolute atomic E-state index is 11.4. The number of rotatable bonds is 4. The molecule has 3 nitrogen and oxygen atoms in total.